The third-order valence-corrected chi connectivity index (χ3v) is 4.55. The molecule has 4 aromatic heterocycles. The molecule has 0 radical (unpaired) electrons. The average Bonchev–Trinajstić information content (AvgIpc) is 3.30. The summed E-state index contributed by atoms with van der Waals surface area (Å²) in [5, 5.41) is 7.30. The van der Waals surface area contributed by atoms with Gasteiger partial charge in [0.25, 0.3) is 0 Å². The van der Waals surface area contributed by atoms with Crippen molar-refractivity contribution in [2.75, 3.05) is 0 Å². The molecule has 0 aliphatic heterocycles. The summed E-state index contributed by atoms with van der Waals surface area (Å²) in [6.45, 7) is 1.79. The third kappa shape index (κ3) is 2.81. The zero-order valence-electron chi connectivity index (χ0n) is 15.0. The molecule has 0 aliphatic rings. The molecule has 5 aromatic rings. The van der Waals surface area contributed by atoms with Gasteiger partial charge in [0.15, 0.2) is 5.82 Å². The highest BCUT2D eigenvalue weighted by molar-refractivity contribution is 6.03. The number of aryl methyl sites for hydroxylation is 1. The van der Waals surface area contributed by atoms with Crippen LogP contribution in [0.1, 0.15) is 22.1 Å². The second-order valence-electron chi connectivity index (χ2n) is 6.49. The number of carbonyl (C=O) groups is 1. The van der Waals surface area contributed by atoms with Crippen LogP contribution in [-0.4, -0.2) is 40.9 Å². The van der Waals surface area contributed by atoms with Crippen molar-refractivity contribution < 1.29 is 4.79 Å². The number of pyridine rings is 1. The van der Waals surface area contributed by atoms with Crippen molar-refractivity contribution >= 4 is 27.7 Å². The lowest BCUT2D eigenvalue weighted by atomic mass is 10.1. The number of ketones is 1. The first-order valence-electron chi connectivity index (χ1n) is 8.77. The molecule has 0 spiro atoms. The summed E-state index contributed by atoms with van der Waals surface area (Å²) in [4.78, 5) is 33.9. The fraction of sp³-hybridized carbons (Fsp3) is 0.100. The summed E-state index contributed by atoms with van der Waals surface area (Å²) in [7, 11) is 0. The van der Waals surface area contributed by atoms with E-state index in [-0.39, 0.29) is 18.0 Å². The van der Waals surface area contributed by atoms with Crippen LogP contribution < -0.4 is 0 Å². The topological polar surface area (TPSA) is 113 Å². The van der Waals surface area contributed by atoms with Gasteiger partial charge in [0, 0.05) is 29.5 Å². The highest BCUT2D eigenvalue weighted by Gasteiger charge is 2.16. The number of imidazole rings is 1. The van der Waals surface area contributed by atoms with Crippen LogP contribution in [0.4, 0.5) is 0 Å². The van der Waals surface area contributed by atoms with Crippen molar-refractivity contribution in [3.05, 3.63) is 66.3 Å². The number of benzene rings is 1. The van der Waals surface area contributed by atoms with Crippen molar-refractivity contribution in [2.45, 2.75) is 13.3 Å². The molecule has 0 bridgehead atoms. The summed E-state index contributed by atoms with van der Waals surface area (Å²) >= 11 is 0. The Morgan fingerprint density at radius 3 is 2.54 bits per heavy atom. The lowest BCUT2D eigenvalue weighted by molar-refractivity contribution is 0.0983. The van der Waals surface area contributed by atoms with Gasteiger partial charge in [-0.3, -0.25) is 14.9 Å². The Kier molecular flexibility index (Phi) is 3.68. The number of nitrogens with one attached hydrogen (secondary N) is 2. The minimum Gasteiger partial charge on any atom is -0.300 e. The number of aromatic nitrogens is 7. The van der Waals surface area contributed by atoms with E-state index in [2.05, 4.69) is 35.1 Å². The van der Waals surface area contributed by atoms with Gasteiger partial charge in [-0.2, -0.15) is 0 Å². The molecular weight excluding hydrogens is 354 g/mol. The highest BCUT2D eigenvalue weighted by Crippen LogP contribution is 2.28. The lowest BCUT2D eigenvalue weighted by Gasteiger charge is -1.98. The minimum atomic E-state index is -0.168. The largest absolute Gasteiger partial charge is 0.300 e. The molecule has 0 fully saturated rings. The van der Waals surface area contributed by atoms with Gasteiger partial charge in [-0.1, -0.05) is 0 Å². The number of nitrogens with zero attached hydrogens (tertiary/aromatic N) is 5. The van der Waals surface area contributed by atoms with Gasteiger partial charge >= 0.3 is 0 Å². The molecule has 1 aromatic carbocycles. The fourth-order valence-electron chi connectivity index (χ4n) is 3.23. The van der Waals surface area contributed by atoms with E-state index in [4.69, 9.17) is 0 Å². The Morgan fingerprint density at radius 2 is 1.75 bits per heavy atom. The molecule has 8 heteroatoms. The van der Waals surface area contributed by atoms with Gasteiger partial charge in [-0.05, 0) is 37.3 Å². The van der Waals surface area contributed by atoms with Gasteiger partial charge in [-0.25, -0.2) is 19.9 Å². The molecule has 0 saturated heterocycles. The fourth-order valence-corrected chi connectivity index (χ4v) is 3.23. The Morgan fingerprint density at radius 1 is 0.964 bits per heavy atom. The summed E-state index contributed by atoms with van der Waals surface area (Å²) in [6, 6.07) is 9.42. The molecule has 5 rings (SSSR count). The van der Waals surface area contributed by atoms with Gasteiger partial charge in [0.2, 0.25) is 5.78 Å². The summed E-state index contributed by atoms with van der Waals surface area (Å²) < 4.78 is 0. The highest BCUT2D eigenvalue weighted by atomic mass is 16.1. The number of hydrogen-bond donors (Lipinski definition) is 2. The van der Waals surface area contributed by atoms with Crippen LogP contribution in [0.2, 0.25) is 0 Å². The Balaban J connectivity index is 1.53. The van der Waals surface area contributed by atoms with E-state index < -0.39 is 0 Å². The average molecular weight is 369 g/mol. The number of Topliss-reactive ketones (excluding diaryl/α,β-unsaturated/α-hetero) is 1. The number of aromatic amines is 2. The number of hydrogen-bond acceptors (Lipinski definition) is 6. The van der Waals surface area contributed by atoms with Crippen LogP contribution in [0.25, 0.3) is 33.2 Å². The zero-order chi connectivity index (χ0) is 19.1. The zero-order valence-corrected chi connectivity index (χ0v) is 15.0. The maximum Gasteiger partial charge on any atom is 0.206 e. The van der Waals surface area contributed by atoms with Gasteiger partial charge < -0.3 is 5.10 Å². The van der Waals surface area contributed by atoms with Crippen molar-refractivity contribution in [1.29, 1.82) is 0 Å². The number of rotatable bonds is 4. The maximum atomic E-state index is 12.6. The predicted octanol–water partition coefficient (Wildman–Crippen LogP) is 3.03. The van der Waals surface area contributed by atoms with Crippen LogP contribution >= 0.6 is 0 Å². The SMILES string of the molecule is Cc1nccc(CC(=O)c2nc3cc4[nH][nH]c(-c5ccncc5)c4cc3n2)n1. The van der Waals surface area contributed by atoms with E-state index in [1.165, 1.54) is 0 Å². The number of carbonyl (C=O) groups excluding carboxylic acids is 1. The summed E-state index contributed by atoms with van der Waals surface area (Å²) in [6.07, 6.45) is 5.28. The van der Waals surface area contributed by atoms with E-state index in [0.717, 1.165) is 22.2 Å². The maximum absolute atomic E-state index is 12.6. The quantitative estimate of drug-likeness (QED) is 0.471. The molecule has 0 atom stereocenters. The normalized spacial score (nSPS) is 11.3. The van der Waals surface area contributed by atoms with Crippen molar-refractivity contribution in [2.24, 2.45) is 0 Å². The Hall–Kier alpha value is -3.94. The van der Waals surface area contributed by atoms with E-state index in [9.17, 15) is 4.79 Å². The van der Waals surface area contributed by atoms with Crippen LogP contribution in [0, 0.1) is 6.92 Å². The second kappa shape index (κ2) is 6.34. The molecule has 0 aliphatic carbocycles. The molecule has 2 N–H and O–H groups in total. The van der Waals surface area contributed by atoms with Crippen LogP contribution in [0.3, 0.4) is 0 Å². The predicted molar refractivity (Wildman–Crippen MR) is 104 cm³/mol. The summed E-state index contributed by atoms with van der Waals surface area (Å²) in [5.41, 5.74) is 4.85. The number of H-pyrrole nitrogens is 2. The first-order chi connectivity index (χ1) is 13.7. The van der Waals surface area contributed by atoms with E-state index in [1.807, 2.05) is 24.3 Å². The molecule has 0 saturated carbocycles. The molecule has 8 nitrogen and oxygen atoms in total. The summed E-state index contributed by atoms with van der Waals surface area (Å²) in [5.74, 6) is 0.667. The second-order valence-corrected chi connectivity index (χ2v) is 6.49. The van der Waals surface area contributed by atoms with Crippen LogP contribution in [0.15, 0.2) is 48.9 Å². The van der Waals surface area contributed by atoms with Crippen LogP contribution in [-0.2, 0) is 6.42 Å². The van der Waals surface area contributed by atoms with Crippen LogP contribution in [0.5, 0.6) is 0 Å². The van der Waals surface area contributed by atoms with E-state index in [0.29, 0.717) is 22.6 Å². The standard InChI is InChI=1S/C20H15N7O/c1-11-22-7-4-13(23-11)8-18(28)20-24-16-9-14-15(10-17(16)25-20)26-27-19(14)12-2-5-21-6-3-12/h2-7,9-10,26-27H,8H2,1H3. The van der Waals surface area contributed by atoms with E-state index in [1.54, 1.807) is 31.6 Å². The van der Waals surface area contributed by atoms with E-state index >= 15 is 0 Å². The van der Waals surface area contributed by atoms with Crippen molar-refractivity contribution in [3.8, 4) is 11.3 Å². The van der Waals surface area contributed by atoms with Crippen molar-refractivity contribution in [1.82, 2.24) is 35.1 Å². The molecule has 136 valence electrons. The number of fused-ring (bicyclic) bond motifs is 2. The smallest absolute Gasteiger partial charge is 0.206 e. The first-order valence-corrected chi connectivity index (χ1v) is 8.77. The lowest BCUT2D eigenvalue weighted by Crippen LogP contribution is -2.07. The molecule has 0 amide bonds. The monoisotopic (exact) mass is 369 g/mol. The van der Waals surface area contributed by atoms with Gasteiger partial charge in [0.05, 0.1) is 34.4 Å². The third-order valence-electron chi connectivity index (χ3n) is 4.55. The van der Waals surface area contributed by atoms with Crippen molar-refractivity contribution in [3.63, 3.8) is 0 Å². The molecule has 0 unspecified atom stereocenters. The molecular formula is C20H15N7O. The minimum absolute atomic E-state index is 0.146. The molecule has 28 heavy (non-hydrogen) atoms. The van der Waals surface area contributed by atoms with Gasteiger partial charge in [-0.15, -0.1) is 0 Å². The molecule has 4 heterocycles. The van der Waals surface area contributed by atoms with Gasteiger partial charge in [0.1, 0.15) is 5.82 Å². The Bertz CT molecular complexity index is 1320. The first kappa shape index (κ1) is 16.2. The Labute approximate surface area is 159 Å².